The predicted molar refractivity (Wildman–Crippen MR) is 66.7 cm³/mol. The van der Waals surface area contributed by atoms with E-state index in [0.29, 0.717) is 18.1 Å². The lowest BCUT2D eigenvalue weighted by Gasteiger charge is -2.13. The predicted octanol–water partition coefficient (Wildman–Crippen LogP) is 2.21. The van der Waals surface area contributed by atoms with Crippen molar-refractivity contribution in [2.24, 2.45) is 5.92 Å². The van der Waals surface area contributed by atoms with Gasteiger partial charge < -0.3 is 14.8 Å². The van der Waals surface area contributed by atoms with Crippen LogP contribution in [-0.4, -0.2) is 38.5 Å². The van der Waals surface area contributed by atoms with E-state index in [-0.39, 0.29) is 0 Å². The van der Waals surface area contributed by atoms with Crippen molar-refractivity contribution in [3.63, 3.8) is 0 Å². The molecule has 0 radical (unpaired) electrons. The molecular weight excluding hydrogens is 202 g/mol. The van der Waals surface area contributed by atoms with Crippen molar-refractivity contribution >= 4 is 0 Å². The smallest absolute Gasteiger partial charge is 0.0704 e. The van der Waals surface area contributed by atoms with Gasteiger partial charge in [-0.15, -0.1) is 0 Å². The molecule has 0 aromatic rings. The second-order valence-electron chi connectivity index (χ2n) is 5.03. The van der Waals surface area contributed by atoms with Gasteiger partial charge in [0.1, 0.15) is 0 Å². The zero-order valence-corrected chi connectivity index (χ0v) is 11.0. The van der Waals surface area contributed by atoms with E-state index in [9.17, 15) is 0 Å². The number of nitrogens with one attached hydrogen (secondary N) is 1. The van der Waals surface area contributed by atoms with E-state index < -0.39 is 0 Å². The Labute approximate surface area is 99.9 Å². The van der Waals surface area contributed by atoms with Crippen molar-refractivity contribution in [3.05, 3.63) is 0 Å². The average Bonchev–Trinajstić information content (AvgIpc) is 2.65. The number of rotatable bonds is 8. The Balaban J connectivity index is 1.94. The van der Waals surface area contributed by atoms with E-state index >= 15 is 0 Å². The first-order valence-corrected chi connectivity index (χ1v) is 6.65. The largest absolute Gasteiger partial charge is 0.379 e. The summed E-state index contributed by atoms with van der Waals surface area (Å²) >= 11 is 0. The van der Waals surface area contributed by atoms with E-state index in [0.717, 1.165) is 32.8 Å². The van der Waals surface area contributed by atoms with Gasteiger partial charge in [-0.3, -0.25) is 0 Å². The molecule has 1 rings (SSSR count). The zero-order chi connectivity index (χ0) is 11.8. The van der Waals surface area contributed by atoms with Crippen LogP contribution in [0.1, 0.15) is 40.0 Å². The van der Waals surface area contributed by atoms with Gasteiger partial charge in [0.2, 0.25) is 0 Å². The van der Waals surface area contributed by atoms with E-state index in [2.05, 4.69) is 26.1 Å². The quantitative estimate of drug-likeness (QED) is 0.647. The summed E-state index contributed by atoms with van der Waals surface area (Å²) in [7, 11) is 0. The minimum atomic E-state index is 0.451. The Bertz CT molecular complexity index is 173. The SMILES string of the molecule is CCNC1CCC(OCCOCC(C)C)C1. The monoisotopic (exact) mass is 229 g/mol. The number of hydrogen-bond donors (Lipinski definition) is 1. The van der Waals surface area contributed by atoms with Crippen LogP contribution in [0.25, 0.3) is 0 Å². The van der Waals surface area contributed by atoms with Crippen molar-refractivity contribution < 1.29 is 9.47 Å². The van der Waals surface area contributed by atoms with Gasteiger partial charge in [0.05, 0.1) is 19.3 Å². The second kappa shape index (κ2) is 8.04. The van der Waals surface area contributed by atoms with E-state index in [1.54, 1.807) is 0 Å². The molecule has 0 amide bonds. The lowest BCUT2D eigenvalue weighted by molar-refractivity contribution is 0.00147. The van der Waals surface area contributed by atoms with Gasteiger partial charge in [-0.25, -0.2) is 0 Å². The maximum atomic E-state index is 5.80. The molecule has 3 nitrogen and oxygen atoms in total. The first-order valence-electron chi connectivity index (χ1n) is 6.65. The highest BCUT2D eigenvalue weighted by molar-refractivity contribution is 4.80. The molecular formula is C13H27NO2. The summed E-state index contributed by atoms with van der Waals surface area (Å²) in [4.78, 5) is 0. The summed E-state index contributed by atoms with van der Waals surface area (Å²) in [5, 5.41) is 3.48. The summed E-state index contributed by atoms with van der Waals surface area (Å²) in [6, 6.07) is 0.673. The fourth-order valence-corrected chi connectivity index (χ4v) is 2.16. The summed E-state index contributed by atoms with van der Waals surface area (Å²) in [5.74, 6) is 0.615. The third kappa shape index (κ3) is 5.83. The molecule has 1 saturated carbocycles. The lowest BCUT2D eigenvalue weighted by atomic mass is 10.2. The van der Waals surface area contributed by atoms with Crippen molar-refractivity contribution in [2.45, 2.75) is 52.2 Å². The summed E-state index contributed by atoms with van der Waals surface area (Å²) < 4.78 is 11.3. The van der Waals surface area contributed by atoms with Crippen LogP contribution in [0.4, 0.5) is 0 Å². The Morgan fingerprint density at radius 1 is 1.25 bits per heavy atom. The third-order valence-electron chi connectivity index (χ3n) is 2.91. The molecule has 2 atom stereocenters. The normalized spacial score (nSPS) is 25.5. The molecule has 0 saturated heterocycles. The first-order chi connectivity index (χ1) is 7.72. The van der Waals surface area contributed by atoms with Crippen molar-refractivity contribution in [3.8, 4) is 0 Å². The molecule has 1 fully saturated rings. The molecule has 0 heterocycles. The molecule has 0 aromatic heterocycles. The molecule has 1 aliphatic carbocycles. The molecule has 0 bridgehead atoms. The number of ether oxygens (including phenoxy) is 2. The van der Waals surface area contributed by atoms with Crippen LogP contribution in [-0.2, 0) is 9.47 Å². The Kier molecular flexibility index (Phi) is 7.01. The van der Waals surface area contributed by atoms with Gasteiger partial charge in [0, 0.05) is 12.6 Å². The van der Waals surface area contributed by atoms with Crippen LogP contribution in [0.2, 0.25) is 0 Å². The Hall–Kier alpha value is -0.120. The average molecular weight is 229 g/mol. The van der Waals surface area contributed by atoms with Crippen LogP contribution >= 0.6 is 0 Å². The third-order valence-corrected chi connectivity index (χ3v) is 2.91. The van der Waals surface area contributed by atoms with Gasteiger partial charge in [-0.1, -0.05) is 20.8 Å². The van der Waals surface area contributed by atoms with Crippen LogP contribution in [0, 0.1) is 5.92 Å². The molecule has 0 aromatic carbocycles. The van der Waals surface area contributed by atoms with E-state index in [1.165, 1.54) is 12.8 Å². The molecule has 0 aliphatic heterocycles. The van der Waals surface area contributed by atoms with Crippen LogP contribution < -0.4 is 5.32 Å². The first kappa shape index (κ1) is 13.9. The van der Waals surface area contributed by atoms with Crippen molar-refractivity contribution in [1.29, 1.82) is 0 Å². The maximum Gasteiger partial charge on any atom is 0.0704 e. The van der Waals surface area contributed by atoms with Crippen LogP contribution in [0.3, 0.4) is 0 Å². The van der Waals surface area contributed by atoms with Gasteiger partial charge in [-0.05, 0) is 31.7 Å². The van der Waals surface area contributed by atoms with E-state index in [1.807, 2.05) is 0 Å². The lowest BCUT2D eigenvalue weighted by Crippen LogP contribution is -2.27. The highest BCUT2D eigenvalue weighted by Gasteiger charge is 2.24. The zero-order valence-electron chi connectivity index (χ0n) is 11.0. The van der Waals surface area contributed by atoms with E-state index in [4.69, 9.17) is 9.47 Å². The van der Waals surface area contributed by atoms with Gasteiger partial charge in [-0.2, -0.15) is 0 Å². The molecule has 0 spiro atoms. The Morgan fingerprint density at radius 2 is 2.06 bits per heavy atom. The summed E-state index contributed by atoms with van der Waals surface area (Å²) in [6.45, 7) is 9.88. The second-order valence-corrected chi connectivity index (χ2v) is 5.03. The van der Waals surface area contributed by atoms with Crippen molar-refractivity contribution in [1.82, 2.24) is 5.32 Å². The Morgan fingerprint density at radius 3 is 2.75 bits per heavy atom. The summed E-state index contributed by atoms with van der Waals surface area (Å²) in [5.41, 5.74) is 0. The highest BCUT2D eigenvalue weighted by atomic mass is 16.5. The molecule has 2 unspecified atom stereocenters. The van der Waals surface area contributed by atoms with Gasteiger partial charge >= 0.3 is 0 Å². The molecule has 1 aliphatic rings. The summed E-state index contributed by atoms with van der Waals surface area (Å²) in [6.07, 6.45) is 4.07. The maximum absolute atomic E-state index is 5.80. The minimum Gasteiger partial charge on any atom is -0.379 e. The molecule has 96 valence electrons. The van der Waals surface area contributed by atoms with Crippen LogP contribution in [0.15, 0.2) is 0 Å². The standard InChI is InChI=1S/C13H27NO2/c1-4-14-12-5-6-13(9-12)16-8-7-15-10-11(2)3/h11-14H,4-10H2,1-3H3. The van der Waals surface area contributed by atoms with Crippen molar-refractivity contribution in [2.75, 3.05) is 26.4 Å². The molecule has 3 heteroatoms. The topological polar surface area (TPSA) is 30.5 Å². The fraction of sp³-hybridized carbons (Fsp3) is 1.00. The fourth-order valence-electron chi connectivity index (χ4n) is 2.16. The molecule has 16 heavy (non-hydrogen) atoms. The highest BCUT2D eigenvalue weighted by Crippen LogP contribution is 2.21. The van der Waals surface area contributed by atoms with Crippen LogP contribution in [0.5, 0.6) is 0 Å². The molecule has 1 N–H and O–H groups in total. The van der Waals surface area contributed by atoms with Gasteiger partial charge in [0.15, 0.2) is 0 Å². The number of hydrogen-bond acceptors (Lipinski definition) is 3. The van der Waals surface area contributed by atoms with Gasteiger partial charge in [0.25, 0.3) is 0 Å². The minimum absolute atomic E-state index is 0.451.